The number of benzene rings is 2. The van der Waals surface area contributed by atoms with Crippen molar-refractivity contribution in [3.63, 3.8) is 0 Å². The summed E-state index contributed by atoms with van der Waals surface area (Å²) in [5.41, 5.74) is 1.50. The summed E-state index contributed by atoms with van der Waals surface area (Å²) in [6, 6.07) is 13.0. The summed E-state index contributed by atoms with van der Waals surface area (Å²) in [5.74, 6) is 1.68. The minimum Gasteiger partial charge on any atom is -0.492 e. The number of hydrogen-bond acceptors (Lipinski definition) is 6. The number of amides is 1. The van der Waals surface area contributed by atoms with Gasteiger partial charge < -0.3 is 29.2 Å². The zero-order valence-corrected chi connectivity index (χ0v) is 17.8. The molecular formula is C23H30N2O5. The first-order valence-corrected chi connectivity index (χ1v) is 10.4. The molecule has 0 saturated carbocycles. The zero-order valence-electron chi connectivity index (χ0n) is 17.8. The fourth-order valence-corrected chi connectivity index (χ4v) is 3.24. The molecule has 1 amide bonds. The summed E-state index contributed by atoms with van der Waals surface area (Å²) < 4.78 is 22.9. The minimum absolute atomic E-state index is 0.263. The largest absolute Gasteiger partial charge is 0.492 e. The van der Waals surface area contributed by atoms with Gasteiger partial charge in [0.25, 0.3) is 5.91 Å². The summed E-state index contributed by atoms with van der Waals surface area (Å²) in [7, 11) is 0. The third kappa shape index (κ3) is 5.57. The van der Waals surface area contributed by atoms with E-state index in [4.69, 9.17) is 18.9 Å². The minimum atomic E-state index is -0.670. The molecule has 7 heteroatoms. The number of ether oxygens (including phenoxy) is 4. The lowest BCUT2D eigenvalue weighted by atomic mass is 10.2. The quantitative estimate of drug-likeness (QED) is 0.674. The highest BCUT2D eigenvalue weighted by Crippen LogP contribution is 2.39. The molecule has 1 saturated heterocycles. The van der Waals surface area contributed by atoms with Gasteiger partial charge in [-0.05, 0) is 32.9 Å². The number of carbonyl (C=O) groups is 1. The van der Waals surface area contributed by atoms with Crippen molar-refractivity contribution in [3.8, 4) is 17.2 Å². The Morgan fingerprint density at radius 2 is 1.73 bits per heavy atom. The number of morpholine rings is 1. The molecule has 0 bridgehead atoms. The van der Waals surface area contributed by atoms with Gasteiger partial charge in [-0.3, -0.25) is 4.79 Å². The van der Waals surface area contributed by atoms with Gasteiger partial charge in [0.05, 0.1) is 37.8 Å². The van der Waals surface area contributed by atoms with E-state index in [0.29, 0.717) is 49.4 Å². The van der Waals surface area contributed by atoms with Crippen LogP contribution in [0.1, 0.15) is 20.8 Å². The van der Waals surface area contributed by atoms with Gasteiger partial charge in [-0.15, -0.1) is 0 Å². The van der Waals surface area contributed by atoms with E-state index in [-0.39, 0.29) is 5.91 Å². The van der Waals surface area contributed by atoms with Crippen LogP contribution in [0, 0.1) is 0 Å². The van der Waals surface area contributed by atoms with Crippen molar-refractivity contribution in [1.82, 2.24) is 0 Å². The number of rotatable bonds is 9. The molecule has 0 aliphatic carbocycles. The van der Waals surface area contributed by atoms with Crippen molar-refractivity contribution in [2.24, 2.45) is 0 Å². The second-order valence-corrected chi connectivity index (χ2v) is 6.84. The van der Waals surface area contributed by atoms with Crippen LogP contribution < -0.4 is 24.4 Å². The number of anilines is 2. The predicted octanol–water partition coefficient (Wildman–Crippen LogP) is 3.73. The van der Waals surface area contributed by atoms with E-state index in [1.807, 2.05) is 56.3 Å². The van der Waals surface area contributed by atoms with Gasteiger partial charge in [0.15, 0.2) is 6.10 Å². The fourth-order valence-electron chi connectivity index (χ4n) is 3.24. The Hall–Kier alpha value is -2.93. The maximum atomic E-state index is 12.8. The first kappa shape index (κ1) is 21.8. The van der Waals surface area contributed by atoms with Crippen LogP contribution in [0.4, 0.5) is 11.4 Å². The Bertz CT molecular complexity index is 822. The molecule has 162 valence electrons. The summed E-state index contributed by atoms with van der Waals surface area (Å²) in [6.45, 7) is 9.46. The standard InChI is InChI=1S/C23H30N2O5/c1-4-28-21-16-20(25-11-13-27-14-12-25)22(29-5-2)15-19(21)24-23(26)17(3)30-18-9-7-6-8-10-18/h6-10,15-17H,4-5,11-14H2,1-3H3,(H,24,26)/t17-/m1/s1. The van der Waals surface area contributed by atoms with Crippen molar-refractivity contribution in [2.75, 3.05) is 49.7 Å². The zero-order chi connectivity index (χ0) is 21.3. The Morgan fingerprint density at radius 1 is 1.07 bits per heavy atom. The van der Waals surface area contributed by atoms with Gasteiger partial charge in [-0.25, -0.2) is 0 Å². The van der Waals surface area contributed by atoms with Gasteiger partial charge in [0, 0.05) is 25.2 Å². The van der Waals surface area contributed by atoms with E-state index < -0.39 is 6.10 Å². The fraction of sp³-hybridized carbons (Fsp3) is 0.435. The molecule has 0 radical (unpaired) electrons. The van der Waals surface area contributed by atoms with Crippen molar-refractivity contribution in [3.05, 3.63) is 42.5 Å². The number of para-hydroxylation sites is 1. The van der Waals surface area contributed by atoms with Gasteiger partial charge >= 0.3 is 0 Å². The molecule has 2 aromatic carbocycles. The monoisotopic (exact) mass is 414 g/mol. The van der Waals surface area contributed by atoms with Crippen LogP contribution in [0.15, 0.2) is 42.5 Å². The summed E-state index contributed by atoms with van der Waals surface area (Å²) >= 11 is 0. The molecule has 7 nitrogen and oxygen atoms in total. The molecule has 3 rings (SSSR count). The molecule has 1 atom stereocenters. The lowest BCUT2D eigenvalue weighted by Gasteiger charge is -2.31. The summed E-state index contributed by atoms with van der Waals surface area (Å²) in [6.07, 6.45) is -0.670. The van der Waals surface area contributed by atoms with Crippen LogP contribution in [0.2, 0.25) is 0 Å². The smallest absolute Gasteiger partial charge is 0.265 e. The molecule has 0 aromatic heterocycles. The Balaban J connectivity index is 1.82. The van der Waals surface area contributed by atoms with Crippen molar-refractivity contribution in [2.45, 2.75) is 26.9 Å². The molecule has 1 heterocycles. The topological polar surface area (TPSA) is 69.3 Å². The van der Waals surface area contributed by atoms with Gasteiger partial charge in [-0.2, -0.15) is 0 Å². The third-order valence-corrected chi connectivity index (χ3v) is 4.70. The van der Waals surface area contributed by atoms with Gasteiger partial charge in [0.2, 0.25) is 0 Å². The van der Waals surface area contributed by atoms with Crippen LogP contribution in [0.25, 0.3) is 0 Å². The molecular weight excluding hydrogens is 384 g/mol. The van der Waals surface area contributed by atoms with E-state index in [1.54, 1.807) is 6.92 Å². The van der Waals surface area contributed by atoms with E-state index >= 15 is 0 Å². The lowest BCUT2D eigenvalue weighted by Crippen LogP contribution is -2.36. The highest BCUT2D eigenvalue weighted by molar-refractivity contribution is 5.96. The van der Waals surface area contributed by atoms with E-state index in [2.05, 4.69) is 10.2 Å². The Morgan fingerprint density at radius 3 is 2.40 bits per heavy atom. The molecule has 1 N–H and O–H groups in total. The molecule has 2 aromatic rings. The Labute approximate surface area is 177 Å². The van der Waals surface area contributed by atoms with E-state index in [1.165, 1.54) is 0 Å². The first-order valence-electron chi connectivity index (χ1n) is 10.4. The van der Waals surface area contributed by atoms with Crippen LogP contribution in [-0.2, 0) is 9.53 Å². The average Bonchev–Trinajstić information content (AvgIpc) is 2.77. The number of nitrogens with zero attached hydrogens (tertiary/aromatic N) is 1. The van der Waals surface area contributed by atoms with Crippen molar-refractivity contribution in [1.29, 1.82) is 0 Å². The van der Waals surface area contributed by atoms with Gasteiger partial charge in [0.1, 0.15) is 17.2 Å². The predicted molar refractivity (Wildman–Crippen MR) is 117 cm³/mol. The van der Waals surface area contributed by atoms with Gasteiger partial charge in [-0.1, -0.05) is 18.2 Å². The van der Waals surface area contributed by atoms with Crippen LogP contribution in [0.5, 0.6) is 17.2 Å². The van der Waals surface area contributed by atoms with Crippen LogP contribution in [-0.4, -0.2) is 51.5 Å². The number of hydrogen-bond donors (Lipinski definition) is 1. The molecule has 0 spiro atoms. The first-order chi connectivity index (χ1) is 14.6. The molecule has 30 heavy (non-hydrogen) atoms. The van der Waals surface area contributed by atoms with Crippen molar-refractivity contribution >= 4 is 17.3 Å². The van der Waals surface area contributed by atoms with Crippen molar-refractivity contribution < 1.29 is 23.7 Å². The third-order valence-electron chi connectivity index (χ3n) is 4.70. The number of carbonyl (C=O) groups excluding carboxylic acids is 1. The lowest BCUT2D eigenvalue weighted by molar-refractivity contribution is -0.122. The maximum Gasteiger partial charge on any atom is 0.265 e. The summed E-state index contributed by atoms with van der Waals surface area (Å²) in [5, 5.41) is 2.93. The van der Waals surface area contributed by atoms with Crippen LogP contribution >= 0.6 is 0 Å². The second-order valence-electron chi connectivity index (χ2n) is 6.84. The highest BCUT2D eigenvalue weighted by Gasteiger charge is 2.22. The SMILES string of the molecule is CCOc1cc(N2CCOCC2)c(OCC)cc1NC(=O)[C@@H](C)Oc1ccccc1. The van der Waals surface area contributed by atoms with Crippen LogP contribution in [0.3, 0.4) is 0 Å². The van der Waals surface area contributed by atoms with E-state index in [0.717, 1.165) is 18.8 Å². The number of nitrogens with one attached hydrogen (secondary N) is 1. The highest BCUT2D eigenvalue weighted by atomic mass is 16.5. The molecule has 1 aliphatic rings. The molecule has 1 aliphatic heterocycles. The molecule has 0 unspecified atom stereocenters. The Kier molecular flexibility index (Phi) is 7.79. The second kappa shape index (κ2) is 10.7. The molecule has 1 fully saturated rings. The average molecular weight is 415 g/mol. The summed E-state index contributed by atoms with van der Waals surface area (Å²) in [4.78, 5) is 15.0. The maximum absolute atomic E-state index is 12.8. The normalized spacial score (nSPS) is 14.7. The van der Waals surface area contributed by atoms with E-state index in [9.17, 15) is 4.79 Å².